The Labute approximate surface area is 180 Å². The normalized spacial score (nSPS) is 11.6. The monoisotopic (exact) mass is 445 g/mol. The number of nitrogens with one attached hydrogen (secondary N) is 1. The van der Waals surface area contributed by atoms with E-state index in [1.54, 1.807) is 4.57 Å². The van der Waals surface area contributed by atoms with Crippen LogP contribution >= 0.6 is 11.3 Å². The lowest BCUT2D eigenvalue weighted by Crippen LogP contribution is -2.25. The van der Waals surface area contributed by atoms with Crippen molar-refractivity contribution in [3.05, 3.63) is 63.0 Å². The highest BCUT2D eigenvalue weighted by atomic mass is 32.1. The van der Waals surface area contributed by atoms with Crippen molar-refractivity contribution >= 4 is 33.2 Å². The van der Waals surface area contributed by atoms with E-state index in [2.05, 4.69) is 15.5 Å². The number of benzene rings is 1. The van der Waals surface area contributed by atoms with Crippen LogP contribution in [0.1, 0.15) is 31.7 Å². The predicted octanol–water partition coefficient (Wildman–Crippen LogP) is 3.29. The van der Waals surface area contributed by atoms with Crippen LogP contribution in [0.2, 0.25) is 0 Å². The summed E-state index contributed by atoms with van der Waals surface area (Å²) in [4.78, 5) is 25.1. The van der Waals surface area contributed by atoms with Gasteiger partial charge in [0.15, 0.2) is 0 Å². The van der Waals surface area contributed by atoms with Gasteiger partial charge in [-0.1, -0.05) is 13.8 Å². The number of amides is 1. The topological polar surface area (TPSA) is 81.3 Å². The number of aromatic nitrogens is 4. The molecular weight excluding hydrogens is 424 g/mol. The number of hydrogen-bond acceptors (Lipinski definition) is 5. The quantitative estimate of drug-likeness (QED) is 0.473. The van der Waals surface area contributed by atoms with E-state index in [9.17, 15) is 18.4 Å². The second-order valence-corrected chi connectivity index (χ2v) is 8.62. The molecule has 3 heterocycles. The molecule has 1 N–H and O–H groups in total. The molecular formula is C21H21F2N5O2S. The van der Waals surface area contributed by atoms with Crippen molar-refractivity contribution < 1.29 is 13.6 Å². The Morgan fingerprint density at radius 1 is 1.23 bits per heavy atom. The van der Waals surface area contributed by atoms with Crippen LogP contribution in [0.25, 0.3) is 16.0 Å². The summed E-state index contributed by atoms with van der Waals surface area (Å²) in [7, 11) is 0. The summed E-state index contributed by atoms with van der Waals surface area (Å²) >= 11 is 1.36. The van der Waals surface area contributed by atoms with Gasteiger partial charge in [-0.25, -0.2) is 8.78 Å². The number of rotatable bonds is 7. The largest absolute Gasteiger partial charge is 0.352 e. The highest BCUT2D eigenvalue weighted by Gasteiger charge is 2.18. The molecule has 0 aliphatic carbocycles. The molecule has 10 heteroatoms. The second kappa shape index (κ2) is 8.54. The minimum absolute atomic E-state index is 0.0824. The molecule has 0 bridgehead atoms. The number of aryl methyl sites for hydroxylation is 1. The zero-order valence-corrected chi connectivity index (χ0v) is 17.9. The maximum atomic E-state index is 13.7. The van der Waals surface area contributed by atoms with Gasteiger partial charge in [0.05, 0.1) is 5.52 Å². The summed E-state index contributed by atoms with van der Waals surface area (Å²) in [6, 6.07) is 4.96. The molecule has 0 saturated heterocycles. The first-order valence-electron chi connectivity index (χ1n) is 9.89. The van der Waals surface area contributed by atoms with Crippen molar-refractivity contribution in [3.63, 3.8) is 0 Å². The predicted molar refractivity (Wildman–Crippen MR) is 114 cm³/mol. The standard InChI is InChI=1S/C21H21F2N5O2S/c1-12(2)11-27-20(30)19-16(7-8-31-19)28-17(25-26-21(27)28)5-6-18(29)24-10-13-9-14(22)3-4-15(13)23/h3-4,7-9,12H,5-6,10-11H2,1-2H3,(H,24,29). The van der Waals surface area contributed by atoms with E-state index in [4.69, 9.17) is 0 Å². The molecule has 0 spiro atoms. The number of hydrogen-bond donors (Lipinski definition) is 1. The van der Waals surface area contributed by atoms with Gasteiger partial charge < -0.3 is 5.32 Å². The molecule has 31 heavy (non-hydrogen) atoms. The number of fused-ring (bicyclic) bond motifs is 3. The van der Waals surface area contributed by atoms with Gasteiger partial charge in [-0.2, -0.15) is 0 Å². The van der Waals surface area contributed by atoms with Crippen LogP contribution in [0.4, 0.5) is 8.78 Å². The smallest absolute Gasteiger partial charge is 0.272 e. The average Bonchev–Trinajstić information content (AvgIpc) is 3.37. The SMILES string of the molecule is CC(C)Cn1c(=O)c2sccc2n2c(CCC(=O)NCc3cc(F)ccc3F)nnc12. The molecule has 0 fully saturated rings. The number of carbonyl (C=O) groups is 1. The molecule has 0 radical (unpaired) electrons. The summed E-state index contributed by atoms with van der Waals surface area (Å²) in [6.45, 7) is 4.44. The molecule has 1 amide bonds. The Morgan fingerprint density at radius 3 is 2.81 bits per heavy atom. The summed E-state index contributed by atoms with van der Waals surface area (Å²) in [5.41, 5.74) is 0.700. The van der Waals surface area contributed by atoms with E-state index >= 15 is 0 Å². The van der Waals surface area contributed by atoms with Gasteiger partial charge in [0.25, 0.3) is 5.56 Å². The Hall–Kier alpha value is -3.14. The van der Waals surface area contributed by atoms with E-state index in [-0.39, 0.29) is 42.3 Å². The van der Waals surface area contributed by atoms with E-state index in [0.29, 0.717) is 28.4 Å². The molecule has 0 unspecified atom stereocenters. The molecule has 0 aliphatic heterocycles. The molecule has 1 aromatic carbocycles. The molecule has 4 aromatic rings. The van der Waals surface area contributed by atoms with E-state index < -0.39 is 11.6 Å². The Bertz CT molecular complexity index is 1320. The lowest BCUT2D eigenvalue weighted by molar-refractivity contribution is -0.121. The average molecular weight is 445 g/mol. The zero-order valence-electron chi connectivity index (χ0n) is 17.1. The van der Waals surface area contributed by atoms with Crippen LogP contribution in [-0.4, -0.2) is 25.1 Å². The fourth-order valence-corrected chi connectivity index (χ4v) is 4.28. The second-order valence-electron chi connectivity index (χ2n) is 7.71. The number of thiophene rings is 1. The third kappa shape index (κ3) is 4.20. The van der Waals surface area contributed by atoms with Crippen molar-refractivity contribution in [2.75, 3.05) is 0 Å². The molecule has 4 rings (SSSR count). The first kappa shape index (κ1) is 21.1. The Morgan fingerprint density at radius 2 is 2.03 bits per heavy atom. The van der Waals surface area contributed by atoms with Crippen molar-refractivity contribution in [3.8, 4) is 0 Å². The highest BCUT2D eigenvalue weighted by molar-refractivity contribution is 7.17. The molecule has 0 saturated carbocycles. The molecule has 162 valence electrons. The van der Waals surface area contributed by atoms with Gasteiger partial charge in [-0.3, -0.25) is 18.6 Å². The van der Waals surface area contributed by atoms with Crippen molar-refractivity contribution in [1.82, 2.24) is 24.5 Å². The van der Waals surface area contributed by atoms with E-state index in [1.165, 1.54) is 11.3 Å². The number of halogens is 2. The lowest BCUT2D eigenvalue weighted by Gasteiger charge is -2.11. The van der Waals surface area contributed by atoms with Gasteiger partial charge >= 0.3 is 0 Å². The minimum Gasteiger partial charge on any atom is -0.352 e. The van der Waals surface area contributed by atoms with Crippen LogP contribution in [-0.2, 0) is 24.3 Å². The van der Waals surface area contributed by atoms with Gasteiger partial charge in [-0.05, 0) is 35.6 Å². The zero-order chi connectivity index (χ0) is 22.1. The van der Waals surface area contributed by atoms with Crippen LogP contribution < -0.4 is 10.9 Å². The van der Waals surface area contributed by atoms with Gasteiger partial charge in [0.1, 0.15) is 22.2 Å². The Balaban J connectivity index is 1.55. The van der Waals surface area contributed by atoms with Crippen molar-refractivity contribution in [1.29, 1.82) is 0 Å². The summed E-state index contributed by atoms with van der Waals surface area (Å²) < 4.78 is 31.0. The summed E-state index contributed by atoms with van der Waals surface area (Å²) in [5, 5.41) is 12.9. The third-order valence-corrected chi connectivity index (χ3v) is 5.78. The Kier molecular flexibility index (Phi) is 5.81. The third-order valence-electron chi connectivity index (χ3n) is 4.89. The number of nitrogens with zero attached hydrogens (tertiary/aromatic N) is 4. The first-order valence-corrected chi connectivity index (χ1v) is 10.8. The van der Waals surface area contributed by atoms with E-state index in [0.717, 1.165) is 18.2 Å². The fraction of sp³-hybridized carbons (Fsp3) is 0.333. The maximum absolute atomic E-state index is 13.7. The summed E-state index contributed by atoms with van der Waals surface area (Å²) in [6.07, 6.45) is 0.371. The van der Waals surface area contributed by atoms with Crippen LogP contribution in [0.5, 0.6) is 0 Å². The molecule has 0 aliphatic rings. The highest BCUT2D eigenvalue weighted by Crippen LogP contribution is 2.21. The summed E-state index contributed by atoms with van der Waals surface area (Å²) in [5.74, 6) is -0.212. The van der Waals surface area contributed by atoms with Gasteiger partial charge in [-0.15, -0.1) is 21.5 Å². The fourth-order valence-electron chi connectivity index (χ4n) is 3.46. The molecule has 3 aromatic heterocycles. The van der Waals surface area contributed by atoms with Crippen LogP contribution in [0, 0.1) is 17.6 Å². The van der Waals surface area contributed by atoms with Crippen molar-refractivity contribution in [2.45, 2.75) is 39.8 Å². The maximum Gasteiger partial charge on any atom is 0.272 e. The molecule has 7 nitrogen and oxygen atoms in total. The minimum atomic E-state index is -0.576. The van der Waals surface area contributed by atoms with Crippen LogP contribution in [0.3, 0.4) is 0 Å². The molecule has 0 atom stereocenters. The van der Waals surface area contributed by atoms with Crippen molar-refractivity contribution in [2.24, 2.45) is 5.92 Å². The van der Waals surface area contributed by atoms with Crippen LogP contribution in [0.15, 0.2) is 34.4 Å². The number of carbonyl (C=O) groups excluding carboxylic acids is 1. The lowest BCUT2D eigenvalue weighted by atomic mass is 10.2. The van der Waals surface area contributed by atoms with Gasteiger partial charge in [0.2, 0.25) is 11.7 Å². The van der Waals surface area contributed by atoms with E-state index in [1.807, 2.05) is 29.7 Å². The first-order chi connectivity index (χ1) is 14.8. The van der Waals surface area contributed by atoms with Gasteiger partial charge in [0, 0.05) is 31.5 Å².